The molecule has 10 heteroatoms. The van der Waals surface area contributed by atoms with E-state index in [1.807, 2.05) is 13.8 Å². The van der Waals surface area contributed by atoms with E-state index >= 15 is 0 Å². The van der Waals surface area contributed by atoms with Crippen LogP contribution in [0.1, 0.15) is 19.4 Å². The van der Waals surface area contributed by atoms with Crippen molar-refractivity contribution in [3.8, 4) is 5.88 Å². The van der Waals surface area contributed by atoms with Crippen molar-refractivity contribution >= 4 is 40.0 Å². The van der Waals surface area contributed by atoms with Gasteiger partial charge >= 0.3 is 5.69 Å². The second-order valence-corrected chi connectivity index (χ2v) is 8.18. The average Bonchev–Trinajstić information content (AvgIpc) is 2.68. The third-order valence-electron chi connectivity index (χ3n) is 3.95. The maximum atomic E-state index is 12.7. The zero-order valence-corrected chi connectivity index (χ0v) is 18.2. The zero-order chi connectivity index (χ0) is 21.7. The van der Waals surface area contributed by atoms with Gasteiger partial charge in [0.05, 0.1) is 11.4 Å². The summed E-state index contributed by atoms with van der Waals surface area (Å²) in [5.41, 5.74) is -1.03. The number of carbonyl (C=O) groups excluding carboxylic acids is 1. The van der Waals surface area contributed by atoms with Crippen LogP contribution in [0.15, 0.2) is 38.8 Å². The van der Waals surface area contributed by atoms with E-state index in [4.69, 9.17) is 11.6 Å². The summed E-state index contributed by atoms with van der Waals surface area (Å²) in [6.45, 7) is 4.48. The number of aromatic hydroxyl groups is 1. The van der Waals surface area contributed by atoms with Crippen molar-refractivity contribution in [3.63, 3.8) is 0 Å². The Hall–Kier alpha value is -2.52. The van der Waals surface area contributed by atoms with Crippen molar-refractivity contribution in [2.24, 2.45) is 25.0 Å². The van der Waals surface area contributed by atoms with Gasteiger partial charge in [0.15, 0.2) is 0 Å². The van der Waals surface area contributed by atoms with Gasteiger partial charge in [-0.05, 0) is 30.2 Å². The van der Waals surface area contributed by atoms with Crippen molar-refractivity contribution in [2.45, 2.75) is 13.8 Å². The molecule has 8 nitrogen and oxygen atoms in total. The number of halogens is 1. The minimum Gasteiger partial charge on any atom is -0.494 e. The third-order valence-corrected chi connectivity index (χ3v) is 5.18. The molecular weight excluding hydrogens is 416 g/mol. The second-order valence-electron chi connectivity index (χ2n) is 6.78. The molecule has 2 aromatic rings. The molecule has 0 fully saturated rings. The fourth-order valence-electron chi connectivity index (χ4n) is 2.32. The molecule has 0 aliphatic rings. The summed E-state index contributed by atoms with van der Waals surface area (Å²) < 4.78 is 1.83. The highest BCUT2D eigenvalue weighted by atomic mass is 35.5. The van der Waals surface area contributed by atoms with Crippen LogP contribution in [0.4, 0.5) is 5.69 Å². The molecule has 0 aliphatic heterocycles. The Bertz CT molecular complexity index is 1040. The van der Waals surface area contributed by atoms with Crippen LogP contribution in [0.2, 0.25) is 5.02 Å². The standard InChI is InChI=1S/C19H23ClN4O4S/c1-11(2)9-21-14(25)10-29-16(22-13-7-5-12(20)6-8-13)15-17(26)23(3)19(28)24(4)18(15)27/h5-8,11,26H,9-10H2,1-4H3,(H,21,25). The van der Waals surface area contributed by atoms with Gasteiger partial charge in [-0.15, -0.1) is 0 Å². The highest BCUT2D eigenvalue weighted by Crippen LogP contribution is 2.24. The Balaban J connectivity index is 2.49. The lowest BCUT2D eigenvalue weighted by Gasteiger charge is -2.13. The first-order chi connectivity index (χ1) is 13.6. The molecule has 0 aliphatic carbocycles. The summed E-state index contributed by atoms with van der Waals surface area (Å²) in [5.74, 6) is -0.453. The Morgan fingerprint density at radius 3 is 2.41 bits per heavy atom. The molecule has 0 spiro atoms. The number of amides is 1. The smallest absolute Gasteiger partial charge is 0.333 e. The first-order valence-electron chi connectivity index (χ1n) is 8.85. The van der Waals surface area contributed by atoms with Gasteiger partial charge in [0.25, 0.3) is 5.56 Å². The van der Waals surface area contributed by atoms with E-state index < -0.39 is 17.1 Å². The van der Waals surface area contributed by atoms with E-state index in [-0.39, 0.29) is 22.3 Å². The van der Waals surface area contributed by atoms with Crippen LogP contribution in [-0.2, 0) is 18.9 Å². The van der Waals surface area contributed by atoms with Crippen molar-refractivity contribution in [2.75, 3.05) is 12.3 Å². The number of rotatable bonds is 6. The number of hydrogen-bond donors (Lipinski definition) is 2. The predicted octanol–water partition coefficient (Wildman–Crippen LogP) is 2.03. The first kappa shape index (κ1) is 22.8. The fourth-order valence-corrected chi connectivity index (χ4v) is 3.31. The summed E-state index contributed by atoms with van der Waals surface area (Å²) >= 11 is 6.90. The van der Waals surface area contributed by atoms with E-state index in [1.165, 1.54) is 14.1 Å². The van der Waals surface area contributed by atoms with Crippen LogP contribution in [0.25, 0.3) is 0 Å². The van der Waals surface area contributed by atoms with Gasteiger partial charge in [-0.25, -0.2) is 9.79 Å². The molecule has 0 radical (unpaired) electrons. The molecule has 156 valence electrons. The van der Waals surface area contributed by atoms with Crippen LogP contribution < -0.4 is 16.6 Å². The van der Waals surface area contributed by atoms with Gasteiger partial charge in [0, 0.05) is 25.7 Å². The van der Waals surface area contributed by atoms with E-state index in [0.29, 0.717) is 23.2 Å². The first-order valence-corrected chi connectivity index (χ1v) is 10.2. The van der Waals surface area contributed by atoms with Crippen molar-refractivity contribution < 1.29 is 9.90 Å². The van der Waals surface area contributed by atoms with E-state index in [0.717, 1.165) is 20.9 Å². The SMILES string of the molecule is CC(C)CNC(=O)CSC(=Nc1ccc(Cl)cc1)c1c(O)n(C)c(=O)n(C)c1=O. The van der Waals surface area contributed by atoms with Gasteiger partial charge < -0.3 is 10.4 Å². The summed E-state index contributed by atoms with van der Waals surface area (Å²) in [6.07, 6.45) is 0. The lowest BCUT2D eigenvalue weighted by atomic mass is 10.2. The zero-order valence-electron chi connectivity index (χ0n) is 16.6. The third kappa shape index (κ3) is 5.74. The Morgan fingerprint density at radius 1 is 1.21 bits per heavy atom. The predicted molar refractivity (Wildman–Crippen MR) is 117 cm³/mol. The maximum Gasteiger partial charge on any atom is 0.333 e. The van der Waals surface area contributed by atoms with Crippen LogP contribution >= 0.6 is 23.4 Å². The van der Waals surface area contributed by atoms with Crippen molar-refractivity contribution in [1.29, 1.82) is 0 Å². The van der Waals surface area contributed by atoms with Gasteiger partial charge in [-0.2, -0.15) is 0 Å². The lowest BCUT2D eigenvalue weighted by Crippen LogP contribution is -2.40. The van der Waals surface area contributed by atoms with Gasteiger partial charge in [0.1, 0.15) is 10.6 Å². The molecule has 1 aromatic carbocycles. The van der Waals surface area contributed by atoms with Gasteiger partial charge in [-0.1, -0.05) is 37.2 Å². The van der Waals surface area contributed by atoms with Crippen molar-refractivity contribution in [3.05, 3.63) is 55.7 Å². The minimum atomic E-state index is -0.701. The highest BCUT2D eigenvalue weighted by molar-refractivity contribution is 8.15. The quantitative estimate of drug-likeness (QED) is 0.530. The lowest BCUT2D eigenvalue weighted by molar-refractivity contribution is -0.118. The van der Waals surface area contributed by atoms with Gasteiger partial charge in [-0.3, -0.25) is 18.7 Å². The topological polar surface area (TPSA) is 106 Å². The molecule has 0 bridgehead atoms. The summed E-state index contributed by atoms with van der Waals surface area (Å²) in [5, 5.41) is 13.9. The number of nitrogens with zero attached hydrogens (tertiary/aromatic N) is 3. The van der Waals surface area contributed by atoms with Gasteiger partial charge in [0.2, 0.25) is 11.8 Å². The molecule has 1 amide bonds. The number of aromatic nitrogens is 2. The van der Waals surface area contributed by atoms with Crippen LogP contribution in [0, 0.1) is 5.92 Å². The number of aliphatic imine (C=N–C) groups is 1. The van der Waals surface area contributed by atoms with Crippen LogP contribution in [-0.4, -0.2) is 37.5 Å². The highest BCUT2D eigenvalue weighted by Gasteiger charge is 2.21. The molecule has 0 unspecified atom stereocenters. The molecule has 0 saturated carbocycles. The number of hydrogen-bond acceptors (Lipinski definition) is 6. The summed E-state index contributed by atoms with van der Waals surface area (Å²) in [4.78, 5) is 41.3. The van der Waals surface area contributed by atoms with Crippen LogP contribution in [0.5, 0.6) is 5.88 Å². The molecule has 1 aromatic heterocycles. The van der Waals surface area contributed by atoms with Crippen LogP contribution in [0.3, 0.4) is 0 Å². The normalized spacial score (nSPS) is 11.7. The maximum absolute atomic E-state index is 12.7. The minimum absolute atomic E-state index is 0.00935. The van der Waals surface area contributed by atoms with Crippen molar-refractivity contribution in [1.82, 2.24) is 14.5 Å². The monoisotopic (exact) mass is 438 g/mol. The Morgan fingerprint density at radius 2 is 1.83 bits per heavy atom. The number of thioether (sulfide) groups is 1. The fraction of sp³-hybridized carbons (Fsp3) is 0.368. The molecule has 1 heterocycles. The summed E-state index contributed by atoms with van der Waals surface area (Å²) in [7, 11) is 2.66. The number of benzene rings is 1. The molecular formula is C19H23ClN4O4S. The van der Waals surface area contributed by atoms with E-state index in [9.17, 15) is 19.5 Å². The molecule has 0 atom stereocenters. The van der Waals surface area contributed by atoms with E-state index in [1.54, 1.807) is 24.3 Å². The van der Waals surface area contributed by atoms with E-state index in [2.05, 4.69) is 10.3 Å². The molecule has 0 saturated heterocycles. The Labute approximate surface area is 177 Å². The number of carbonyl (C=O) groups is 1. The second kappa shape index (κ2) is 9.80. The molecule has 2 N–H and O–H groups in total. The number of nitrogens with one attached hydrogen (secondary N) is 1. The average molecular weight is 439 g/mol. The largest absolute Gasteiger partial charge is 0.494 e. The summed E-state index contributed by atoms with van der Waals surface area (Å²) in [6, 6.07) is 6.56. The Kier molecular flexibility index (Phi) is 7.69. The molecule has 29 heavy (non-hydrogen) atoms. The molecule has 2 rings (SSSR count).